The lowest BCUT2D eigenvalue weighted by molar-refractivity contribution is -0.157. The Labute approximate surface area is 197 Å². The summed E-state index contributed by atoms with van der Waals surface area (Å²) >= 11 is 3.71. The lowest BCUT2D eigenvalue weighted by atomic mass is 9.91. The molecule has 176 valence electrons. The molecule has 0 bridgehead atoms. The smallest absolute Gasteiger partial charge is 0.344 e. The molecule has 2 aromatic rings. The number of nitrogens with two attached hydrogens (primary N) is 1. The average molecular weight is 509 g/mol. The number of nitrogens with zero attached hydrogens (tertiary/aromatic N) is 1. The van der Waals surface area contributed by atoms with E-state index in [2.05, 4.69) is 43.6 Å². The van der Waals surface area contributed by atoms with E-state index in [1.807, 2.05) is 10.6 Å². The van der Waals surface area contributed by atoms with Gasteiger partial charge >= 0.3 is 5.97 Å². The van der Waals surface area contributed by atoms with Crippen molar-refractivity contribution in [2.75, 3.05) is 6.61 Å². The van der Waals surface area contributed by atoms with Gasteiger partial charge in [-0.3, -0.25) is 9.59 Å². The van der Waals surface area contributed by atoms with Crippen LogP contribution in [-0.4, -0.2) is 38.8 Å². The highest BCUT2D eigenvalue weighted by molar-refractivity contribution is 9.10. The van der Waals surface area contributed by atoms with E-state index in [-0.39, 0.29) is 16.5 Å². The Balaban J connectivity index is 2.68. The molecule has 2 N–H and O–H groups in total. The van der Waals surface area contributed by atoms with Gasteiger partial charge in [-0.25, -0.2) is 4.79 Å². The van der Waals surface area contributed by atoms with Crippen LogP contribution < -0.4 is 10.5 Å². The van der Waals surface area contributed by atoms with Crippen LogP contribution in [0.4, 0.5) is 0 Å². The van der Waals surface area contributed by atoms with E-state index in [0.717, 1.165) is 11.9 Å². The largest absolute Gasteiger partial charge is 0.481 e. The minimum absolute atomic E-state index is 0.168. The zero-order valence-electron chi connectivity index (χ0n) is 20.1. The molecule has 0 aliphatic rings. The summed E-state index contributed by atoms with van der Waals surface area (Å²) in [5.41, 5.74) is 5.82. The minimum atomic E-state index is -1.05. The molecule has 0 aliphatic heterocycles. The quantitative estimate of drug-likeness (QED) is 0.242. The maximum absolute atomic E-state index is 12.8. The summed E-state index contributed by atoms with van der Waals surface area (Å²) in [5.74, 6) is -2.07. The van der Waals surface area contributed by atoms with Crippen LogP contribution >= 0.6 is 15.9 Å². The second-order valence-electron chi connectivity index (χ2n) is 10.2. The molecular weight excluding hydrogens is 476 g/mol. The second kappa shape index (κ2) is 8.89. The summed E-state index contributed by atoms with van der Waals surface area (Å²) in [6, 6.07) is 5.32. The Morgan fingerprint density at radius 1 is 1.06 bits per heavy atom. The number of primary amides is 1. The Kier molecular flexibility index (Phi) is 7.19. The number of Topliss-reactive ketones (excluding diaryl/α,β-unsaturated/α-hetero) is 1. The number of ether oxygens (including phenoxy) is 2. The summed E-state index contributed by atoms with van der Waals surface area (Å²) in [6.45, 7) is 15.0. The van der Waals surface area contributed by atoms with E-state index in [4.69, 9.17) is 15.2 Å². The van der Waals surface area contributed by atoms with Gasteiger partial charge in [-0.15, -0.1) is 0 Å². The summed E-state index contributed by atoms with van der Waals surface area (Å²) in [7, 11) is 0. The highest BCUT2D eigenvalue weighted by Gasteiger charge is 2.35. The number of fused-ring (bicyclic) bond motifs is 1. The van der Waals surface area contributed by atoms with Crippen molar-refractivity contribution in [2.24, 2.45) is 5.73 Å². The number of hydrogen-bond donors (Lipinski definition) is 1. The van der Waals surface area contributed by atoms with Gasteiger partial charge in [0.05, 0.1) is 16.5 Å². The molecule has 32 heavy (non-hydrogen) atoms. The third-order valence-electron chi connectivity index (χ3n) is 4.87. The molecule has 1 amide bonds. The van der Waals surface area contributed by atoms with Crippen LogP contribution in [0.2, 0.25) is 0 Å². The van der Waals surface area contributed by atoms with Gasteiger partial charge in [-0.1, -0.05) is 22.0 Å². The first-order valence-electron chi connectivity index (χ1n) is 10.5. The number of halogens is 1. The number of hydrogen-bond acceptors (Lipinski definition) is 5. The maximum atomic E-state index is 12.8. The molecule has 2 rings (SSSR count). The van der Waals surface area contributed by atoms with E-state index < -0.39 is 28.8 Å². The van der Waals surface area contributed by atoms with Crippen LogP contribution in [-0.2, 0) is 19.9 Å². The van der Waals surface area contributed by atoms with E-state index >= 15 is 0 Å². The van der Waals surface area contributed by atoms with Crippen molar-refractivity contribution in [1.82, 2.24) is 4.57 Å². The molecule has 0 atom stereocenters. The fraction of sp³-hybridized carbons (Fsp3) is 0.542. The van der Waals surface area contributed by atoms with E-state index in [0.29, 0.717) is 16.8 Å². The van der Waals surface area contributed by atoms with Gasteiger partial charge in [0, 0.05) is 15.6 Å². The van der Waals surface area contributed by atoms with Gasteiger partial charge in [0.1, 0.15) is 11.4 Å². The number of amides is 1. The van der Waals surface area contributed by atoms with Crippen LogP contribution in [0, 0.1) is 6.92 Å². The number of benzene rings is 1. The van der Waals surface area contributed by atoms with Crippen molar-refractivity contribution < 1.29 is 23.9 Å². The molecule has 0 fully saturated rings. The van der Waals surface area contributed by atoms with Gasteiger partial charge < -0.3 is 19.8 Å². The number of carbonyl (C=O) groups excluding carboxylic acids is 3. The van der Waals surface area contributed by atoms with Crippen molar-refractivity contribution in [1.29, 1.82) is 0 Å². The summed E-state index contributed by atoms with van der Waals surface area (Å²) in [5, 5.41) is 0.456. The van der Waals surface area contributed by atoms with Crippen molar-refractivity contribution in [3.63, 3.8) is 0 Å². The Morgan fingerprint density at radius 3 is 2.16 bits per heavy atom. The van der Waals surface area contributed by atoms with Crippen molar-refractivity contribution in [3.8, 4) is 5.75 Å². The molecule has 0 radical (unpaired) electrons. The molecule has 7 nitrogen and oxygen atoms in total. The van der Waals surface area contributed by atoms with Gasteiger partial charge in [0.2, 0.25) is 0 Å². The topological polar surface area (TPSA) is 101 Å². The number of esters is 1. The van der Waals surface area contributed by atoms with E-state index in [1.54, 1.807) is 39.8 Å². The fourth-order valence-corrected chi connectivity index (χ4v) is 5.03. The van der Waals surface area contributed by atoms with Crippen LogP contribution in [0.5, 0.6) is 5.75 Å². The van der Waals surface area contributed by atoms with Crippen molar-refractivity contribution >= 4 is 44.5 Å². The number of aromatic nitrogens is 1. The zero-order chi connectivity index (χ0) is 24.6. The number of ketones is 1. The van der Waals surface area contributed by atoms with Crippen LogP contribution in [0.15, 0.2) is 18.2 Å². The monoisotopic (exact) mass is 508 g/mol. The zero-order valence-corrected chi connectivity index (χ0v) is 21.7. The lowest BCUT2D eigenvalue weighted by Crippen LogP contribution is -2.34. The highest BCUT2D eigenvalue weighted by Crippen LogP contribution is 2.41. The molecule has 0 saturated carbocycles. The molecule has 1 aromatic carbocycles. The third-order valence-corrected chi connectivity index (χ3v) is 5.15. The Morgan fingerprint density at radius 2 is 1.66 bits per heavy atom. The second-order valence-corrected chi connectivity index (χ2v) is 12.4. The first-order valence-corrected chi connectivity index (χ1v) is 11.3. The van der Waals surface area contributed by atoms with Gasteiger partial charge in [-0.05, 0) is 73.9 Å². The van der Waals surface area contributed by atoms with E-state index in [9.17, 15) is 14.4 Å². The standard InChI is InChI=1S/C24H33BrN2O5/c1-14-18(20(29)21(26)30)19-15(27(14)24(7,8)13-23(5,6)25)10-9-11-16(19)31-12-17(28)32-22(2,3)4/h9-11H,12-13H2,1-8H3,(H2,26,30). The minimum Gasteiger partial charge on any atom is -0.481 e. The number of rotatable bonds is 8. The molecule has 8 heteroatoms. The predicted octanol–water partition coefficient (Wildman–Crippen LogP) is 4.64. The van der Waals surface area contributed by atoms with E-state index in [1.165, 1.54) is 0 Å². The van der Waals surface area contributed by atoms with Crippen molar-refractivity contribution in [2.45, 2.75) is 77.3 Å². The molecule has 1 aromatic heterocycles. The van der Waals surface area contributed by atoms with Gasteiger partial charge in [0.15, 0.2) is 6.61 Å². The summed E-state index contributed by atoms with van der Waals surface area (Å²) < 4.78 is 12.9. The SMILES string of the molecule is Cc1c(C(=O)C(N)=O)c2c(OCC(=O)OC(C)(C)C)cccc2n1C(C)(C)CC(C)(C)Br. The summed E-state index contributed by atoms with van der Waals surface area (Å²) in [4.78, 5) is 36.9. The molecule has 0 aliphatic carbocycles. The van der Waals surface area contributed by atoms with Crippen LogP contribution in [0.25, 0.3) is 10.9 Å². The lowest BCUT2D eigenvalue weighted by Gasteiger charge is -2.35. The first-order chi connectivity index (χ1) is 14.4. The molecule has 0 saturated heterocycles. The fourth-order valence-electron chi connectivity index (χ4n) is 4.35. The maximum Gasteiger partial charge on any atom is 0.344 e. The molecular formula is C24H33BrN2O5. The molecule has 1 heterocycles. The Bertz CT molecular complexity index is 1050. The number of carbonyl (C=O) groups is 3. The highest BCUT2D eigenvalue weighted by atomic mass is 79.9. The van der Waals surface area contributed by atoms with Crippen molar-refractivity contribution in [3.05, 3.63) is 29.5 Å². The molecule has 0 spiro atoms. The summed E-state index contributed by atoms with van der Waals surface area (Å²) in [6.07, 6.45) is 0.734. The van der Waals surface area contributed by atoms with Crippen LogP contribution in [0.1, 0.15) is 70.9 Å². The van der Waals surface area contributed by atoms with Crippen LogP contribution in [0.3, 0.4) is 0 Å². The average Bonchev–Trinajstić information content (AvgIpc) is 2.88. The Hall–Kier alpha value is -2.35. The predicted molar refractivity (Wildman–Crippen MR) is 128 cm³/mol. The normalized spacial score (nSPS) is 12.7. The molecule has 0 unspecified atom stereocenters. The first kappa shape index (κ1) is 25.9. The van der Waals surface area contributed by atoms with Gasteiger partial charge in [-0.2, -0.15) is 0 Å². The van der Waals surface area contributed by atoms with Gasteiger partial charge in [0.25, 0.3) is 11.7 Å². The number of alkyl halides is 1. The third kappa shape index (κ3) is 5.91.